The van der Waals surface area contributed by atoms with Crippen LogP contribution < -0.4 is 5.56 Å². The molecule has 1 atom stereocenters. The van der Waals surface area contributed by atoms with Crippen LogP contribution in [0.25, 0.3) is 0 Å². The van der Waals surface area contributed by atoms with Gasteiger partial charge in [0.25, 0.3) is 11.5 Å². The molecule has 0 aromatic carbocycles. The molecular weight excluding hydrogens is 270 g/mol. The van der Waals surface area contributed by atoms with Crippen LogP contribution in [0.4, 0.5) is 0 Å². The van der Waals surface area contributed by atoms with Crippen molar-refractivity contribution in [3.05, 3.63) is 27.9 Å². The number of aryl methyl sites for hydroxylation is 1. The number of sulfone groups is 1. The minimum absolute atomic E-state index is 0.0492. The molecule has 1 aliphatic heterocycles. The maximum Gasteiger partial charge on any atom is 0.263 e. The van der Waals surface area contributed by atoms with E-state index in [1.807, 2.05) is 0 Å². The van der Waals surface area contributed by atoms with E-state index in [1.165, 1.54) is 18.1 Å². The first kappa shape index (κ1) is 13.7. The van der Waals surface area contributed by atoms with Gasteiger partial charge in [-0.3, -0.25) is 9.59 Å². The Hall–Kier alpha value is -1.70. The number of rotatable bonds is 2. The Labute approximate surface area is 110 Å². The summed E-state index contributed by atoms with van der Waals surface area (Å²) in [5.74, 6) is -0.0481. The molecule has 1 aromatic heterocycles. The maximum absolute atomic E-state index is 12.1. The van der Waals surface area contributed by atoms with Crippen LogP contribution in [0.3, 0.4) is 0 Å². The second-order valence-electron chi connectivity index (χ2n) is 4.68. The molecule has 2 rings (SSSR count). The largest absolute Gasteiger partial charge is 0.337 e. The van der Waals surface area contributed by atoms with Crippen LogP contribution >= 0.6 is 0 Å². The van der Waals surface area contributed by atoms with Gasteiger partial charge in [-0.15, -0.1) is 0 Å². The molecule has 1 aromatic rings. The number of hydrogen-bond acceptors (Lipinski definition) is 5. The lowest BCUT2D eigenvalue weighted by Gasteiger charge is -2.22. The number of nitrogens with zero attached hydrogens (tertiary/aromatic N) is 2. The quantitative estimate of drug-likeness (QED) is 0.777. The van der Waals surface area contributed by atoms with Crippen LogP contribution in [0, 0.1) is 6.92 Å². The fourth-order valence-corrected chi connectivity index (χ4v) is 3.85. The predicted octanol–water partition coefficient (Wildman–Crippen LogP) is -0.663. The van der Waals surface area contributed by atoms with Gasteiger partial charge in [-0.25, -0.2) is 13.4 Å². The number of aromatic nitrogens is 2. The molecule has 7 nitrogen and oxygen atoms in total. The Balaban J connectivity index is 2.22. The summed E-state index contributed by atoms with van der Waals surface area (Å²) in [6.45, 7) is 1.61. The van der Waals surface area contributed by atoms with Gasteiger partial charge in [-0.2, -0.15) is 0 Å². The Morgan fingerprint density at radius 2 is 2.21 bits per heavy atom. The third kappa shape index (κ3) is 2.83. The van der Waals surface area contributed by atoms with E-state index in [0.29, 0.717) is 12.2 Å². The molecule has 0 radical (unpaired) electrons. The number of H-pyrrole nitrogens is 1. The van der Waals surface area contributed by atoms with Gasteiger partial charge in [-0.05, 0) is 13.3 Å². The van der Waals surface area contributed by atoms with E-state index in [-0.39, 0.29) is 23.1 Å². The molecule has 1 N–H and O–H groups in total. The van der Waals surface area contributed by atoms with Gasteiger partial charge in [0.15, 0.2) is 9.84 Å². The molecule has 2 heterocycles. The summed E-state index contributed by atoms with van der Waals surface area (Å²) >= 11 is 0. The number of carbonyl (C=O) groups excluding carboxylic acids is 1. The topological polar surface area (TPSA) is 100 Å². The smallest absolute Gasteiger partial charge is 0.263 e. The van der Waals surface area contributed by atoms with E-state index < -0.39 is 21.3 Å². The average Bonchev–Trinajstić information content (AvgIpc) is 2.68. The summed E-state index contributed by atoms with van der Waals surface area (Å²) in [5, 5.41) is 0. The van der Waals surface area contributed by atoms with Crippen LogP contribution in [0.5, 0.6) is 0 Å². The molecule has 8 heteroatoms. The molecule has 1 fully saturated rings. The maximum atomic E-state index is 12.1. The number of carbonyl (C=O) groups is 1. The third-order valence-corrected chi connectivity index (χ3v) is 4.98. The molecule has 0 saturated carbocycles. The SMILES string of the molecule is Cc1ncc(C(=O)N(C)C2CCS(=O)(=O)C2)c(=O)[nH]1. The van der Waals surface area contributed by atoms with Crippen LogP contribution in [0.15, 0.2) is 11.0 Å². The van der Waals surface area contributed by atoms with E-state index >= 15 is 0 Å². The van der Waals surface area contributed by atoms with E-state index in [9.17, 15) is 18.0 Å². The van der Waals surface area contributed by atoms with Crippen molar-refractivity contribution in [2.45, 2.75) is 19.4 Å². The molecule has 19 heavy (non-hydrogen) atoms. The lowest BCUT2D eigenvalue weighted by Crippen LogP contribution is -2.40. The lowest BCUT2D eigenvalue weighted by atomic mass is 10.2. The number of hydrogen-bond donors (Lipinski definition) is 1. The minimum Gasteiger partial charge on any atom is -0.337 e. The summed E-state index contributed by atoms with van der Waals surface area (Å²) in [4.78, 5) is 31.5. The van der Waals surface area contributed by atoms with Gasteiger partial charge < -0.3 is 9.88 Å². The number of aromatic amines is 1. The Morgan fingerprint density at radius 3 is 2.74 bits per heavy atom. The molecular formula is C11H15N3O4S. The van der Waals surface area contributed by atoms with Crippen molar-refractivity contribution in [1.82, 2.24) is 14.9 Å². The minimum atomic E-state index is -3.07. The molecule has 1 unspecified atom stereocenters. The Kier molecular flexibility index (Phi) is 3.44. The Morgan fingerprint density at radius 1 is 1.53 bits per heavy atom. The van der Waals surface area contributed by atoms with Gasteiger partial charge in [0.05, 0.1) is 11.5 Å². The second kappa shape index (κ2) is 4.76. The third-order valence-electron chi connectivity index (χ3n) is 3.23. The normalized spacial score (nSPS) is 21.3. The first-order valence-corrected chi connectivity index (χ1v) is 7.66. The summed E-state index contributed by atoms with van der Waals surface area (Å²) in [7, 11) is -1.56. The van der Waals surface area contributed by atoms with Gasteiger partial charge in [0.1, 0.15) is 11.4 Å². The van der Waals surface area contributed by atoms with Crippen molar-refractivity contribution in [3.63, 3.8) is 0 Å². The molecule has 1 aliphatic rings. The van der Waals surface area contributed by atoms with Gasteiger partial charge in [-0.1, -0.05) is 0 Å². The zero-order valence-corrected chi connectivity index (χ0v) is 11.5. The number of amides is 1. The van der Waals surface area contributed by atoms with Crippen molar-refractivity contribution in [2.75, 3.05) is 18.6 Å². The molecule has 1 amide bonds. The zero-order chi connectivity index (χ0) is 14.2. The molecule has 0 aliphatic carbocycles. The van der Waals surface area contributed by atoms with Crippen molar-refractivity contribution in [3.8, 4) is 0 Å². The molecule has 1 saturated heterocycles. The van der Waals surface area contributed by atoms with Gasteiger partial charge in [0, 0.05) is 19.3 Å². The van der Waals surface area contributed by atoms with Gasteiger partial charge >= 0.3 is 0 Å². The first-order chi connectivity index (χ1) is 8.80. The van der Waals surface area contributed by atoms with Crippen molar-refractivity contribution in [2.24, 2.45) is 0 Å². The van der Waals surface area contributed by atoms with Gasteiger partial charge in [0.2, 0.25) is 0 Å². The average molecular weight is 285 g/mol. The van der Waals surface area contributed by atoms with E-state index in [1.54, 1.807) is 6.92 Å². The highest BCUT2D eigenvalue weighted by Gasteiger charge is 2.33. The van der Waals surface area contributed by atoms with Crippen molar-refractivity contribution >= 4 is 15.7 Å². The fraction of sp³-hybridized carbons (Fsp3) is 0.545. The lowest BCUT2D eigenvalue weighted by molar-refractivity contribution is 0.0745. The highest BCUT2D eigenvalue weighted by molar-refractivity contribution is 7.91. The zero-order valence-electron chi connectivity index (χ0n) is 10.7. The van der Waals surface area contributed by atoms with Crippen LogP contribution in [0.1, 0.15) is 22.6 Å². The van der Waals surface area contributed by atoms with E-state index in [4.69, 9.17) is 0 Å². The van der Waals surface area contributed by atoms with Crippen LogP contribution in [-0.4, -0.2) is 53.8 Å². The molecule has 0 spiro atoms. The summed E-state index contributed by atoms with van der Waals surface area (Å²) in [6.07, 6.45) is 1.62. The Bertz CT molecular complexity index is 665. The van der Waals surface area contributed by atoms with E-state index in [0.717, 1.165) is 0 Å². The highest BCUT2D eigenvalue weighted by Crippen LogP contribution is 2.17. The van der Waals surface area contributed by atoms with E-state index in [2.05, 4.69) is 9.97 Å². The van der Waals surface area contributed by atoms with Crippen LogP contribution in [0.2, 0.25) is 0 Å². The molecule has 0 bridgehead atoms. The summed E-state index contributed by atoms with van der Waals surface area (Å²) < 4.78 is 22.8. The predicted molar refractivity (Wildman–Crippen MR) is 68.7 cm³/mol. The van der Waals surface area contributed by atoms with Crippen molar-refractivity contribution < 1.29 is 13.2 Å². The first-order valence-electron chi connectivity index (χ1n) is 5.83. The standard InChI is InChI=1S/C11H15N3O4S/c1-7-12-5-9(10(15)13-7)11(16)14(2)8-3-4-19(17,18)6-8/h5,8H,3-4,6H2,1-2H3,(H,12,13,15). The number of nitrogens with one attached hydrogen (secondary N) is 1. The van der Waals surface area contributed by atoms with Crippen LogP contribution in [-0.2, 0) is 9.84 Å². The second-order valence-corrected chi connectivity index (χ2v) is 6.91. The fourth-order valence-electron chi connectivity index (χ4n) is 2.07. The summed E-state index contributed by atoms with van der Waals surface area (Å²) in [6, 6.07) is -0.377. The highest BCUT2D eigenvalue weighted by atomic mass is 32.2. The molecule has 104 valence electrons. The monoisotopic (exact) mass is 285 g/mol. The summed E-state index contributed by atoms with van der Waals surface area (Å²) in [5.41, 5.74) is -0.581. The van der Waals surface area contributed by atoms with Crippen molar-refractivity contribution in [1.29, 1.82) is 0 Å².